The van der Waals surface area contributed by atoms with Gasteiger partial charge in [0, 0.05) is 19.4 Å². The monoisotopic (exact) mass is 336 g/mol. The van der Waals surface area contributed by atoms with Crippen molar-refractivity contribution in [3.8, 4) is 0 Å². The first kappa shape index (κ1) is 16.0. The van der Waals surface area contributed by atoms with Crippen LogP contribution in [0.5, 0.6) is 0 Å². The number of nitrogens with one attached hydrogen (secondary N) is 1. The summed E-state index contributed by atoms with van der Waals surface area (Å²) >= 11 is 0. The average Bonchev–Trinajstić information content (AvgIpc) is 3.07. The topological polar surface area (TPSA) is 89.3 Å². The number of amides is 1. The maximum Gasteiger partial charge on any atom is 0.220 e. The maximum absolute atomic E-state index is 11.8. The van der Waals surface area contributed by atoms with Crippen LogP contribution in [0.1, 0.15) is 25.2 Å². The third-order valence-electron chi connectivity index (χ3n) is 4.05. The van der Waals surface area contributed by atoms with Crippen molar-refractivity contribution in [1.29, 1.82) is 0 Å². The van der Waals surface area contributed by atoms with Gasteiger partial charge in [0.15, 0.2) is 21.3 Å². The van der Waals surface area contributed by atoms with Gasteiger partial charge in [0.05, 0.1) is 11.5 Å². The summed E-state index contributed by atoms with van der Waals surface area (Å²) in [7, 11) is -2.88. The van der Waals surface area contributed by atoms with E-state index in [0.29, 0.717) is 38.1 Å². The summed E-state index contributed by atoms with van der Waals surface area (Å²) < 4.78 is 28.3. The summed E-state index contributed by atoms with van der Waals surface area (Å²) in [6.45, 7) is 0.445. The van der Waals surface area contributed by atoms with Crippen molar-refractivity contribution in [3.63, 3.8) is 0 Å². The van der Waals surface area contributed by atoms with Gasteiger partial charge in [-0.25, -0.2) is 13.4 Å². The van der Waals surface area contributed by atoms with Crippen LogP contribution in [0.15, 0.2) is 28.7 Å². The molecule has 2 heterocycles. The second-order valence-electron chi connectivity index (χ2n) is 6.00. The molecule has 0 saturated carbocycles. The third-order valence-corrected chi connectivity index (χ3v) is 5.88. The van der Waals surface area contributed by atoms with Crippen LogP contribution < -0.4 is 5.32 Å². The molecule has 1 saturated heterocycles. The summed E-state index contributed by atoms with van der Waals surface area (Å²) in [5.74, 6) is 1.08. The number of hydrogen-bond donors (Lipinski definition) is 1. The molecule has 1 N–H and O–H groups in total. The SMILES string of the molecule is O=C(CCCc1nc2ccccc2o1)NCC1CCS(=O)(=O)C1. The molecule has 7 heteroatoms. The van der Waals surface area contributed by atoms with Gasteiger partial charge < -0.3 is 9.73 Å². The van der Waals surface area contributed by atoms with Gasteiger partial charge in [0.2, 0.25) is 5.91 Å². The molecule has 1 aromatic heterocycles. The largest absolute Gasteiger partial charge is 0.441 e. The Morgan fingerprint density at radius 3 is 2.91 bits per heavy atom. The summed E-state index contributed by atoms with van der Waals surface area (Å²) in [6, 6.07) is 7.57. The number of para-hydroxylation sites is 2. The van der Waals surface area contributed by atoms with E-state index in [1.165, 1.54) is 0 Å². The van der Waals surface area contributed by atoms with Crippen LogP contribution >= 0.6 is 0 Å². The Hall–Kier alpha value is -1.89. The van der Waals surface area contributed by atoms with Crippen LogP contribution in [0, 0.1) is 5.92 Å². The second kappa shape index (κ2) is 6.70. The zero-order valence-corrected chi connectivity index (χ0v) is 13.6. The Morgan fingerprint density at radius 2 is 2.17 bits per heavy atom. The number of carbonyl (C=O) groups is 1. The van der Waals surface area contributed by atoms with E-state index in [1.54, 1.807) is 0 Å². The molecule has 0 radical (unpaired) electrons. The predicted molar refractivity (Wildman–Crippen MR) is 86.7 cm³/mol. The van der Waals surface area contributed by atoms with E-state index < -0.39 is 9.84 Å². The lowest BCUT2D eigenvalue weighted by Crippen LogP contribution is -2.29. The van der Waals surface area contributed by atoms with Crippen LogP contribution in [0.3, 0.4) is 0 Å². The van der Waals surface area contributed by atoms with Crippen molar-refractivity contribution in [2.75, 3.05) is 18.1 Å². The number of sulfone groups is 1. The number of oxazole rings is 1. The summed E-state index contributed by atoms with van der Waals surface area (Å²) in [4.78, 5) is 16.2. The van der Waals surface area contributed by atoms with Gasteiger partial charge >= 0.3 is 0 Å². The molecule has 1 amide bonds. The van der Waals surface area contributed by atoms with E-state index in [1.807, 2.05) is 24.3 Å². The minimum atomic E-state index is -2.88. The molecule has 0 bridgehead atoms. The molecule has 3 rings (SSSR count). The van der Waals surface area contributed by atoms with E-state index in [0.717, 1.165) is 11.1 Å². The lowest BCUT2D eigenvalue weighted by atomic mass is 10.1. The number of benzene rings is 1. The van der Waals surface area contributed by atoms with Crippen molar-refractivity contribution in [3.05, 3.63) is 30.2 Å². The molecule has 1 aliphatic heterocycles. The maximum atomic E-state index is 11.8. The first-order valence-corrected chi connectivity index (χ1v) is 9.65. The highest BCUT2D eigenvalue weighted by atomic mass is 32.2. The van der Waals surface area contributed by atoms with E-state index in [9.17, 15) is 13.2 Å². The van der Waals surface area contributed by atoms with Gasteiger partial charge in [-0.15, -0.1) is 0 Å². The number of fused-ring (bicyclic) bond motifs is 1. The quantitative estimate of drug-likeness (QED) is 0.867. The fourth-order valence-corrected chi connectivity index (χ4v) is 4.67. The molecule has 1 fully saturated rings. The minimum absolute atomic E-state index is 0.0505. The Morgan fingerprint density at radius 1 is 1.35 bits per heavy atom. The lowest BCUT2D eigenvalue weighted by molar-refractivity contribution is -0.121. The molecule has 1 unspecified atom stereocenters. The molecule has 2 aromatic rings. The Bertz CT molecular complexity index is 764. The van der Waals surface area contributed by atoms with Gasteiger partial charge in [-0.2, -0.15) is 0 Å². The van der Waals surface area contributed by atoms with Crippen molar-refractivity contribution < 1.29 is 17.6 Å². The van der Waals surface area contributed by atoms with Crippen molar-refractivity contribution >= 4 is 26.8 Å². The normalized spacial score (nSPS) is 19.9. The Kier molecular flexibility index (Phi) is 4.66. The highest BCUT2D eigenvalue weighted by molar-refractivity contribution is 7.91. The molecule has 1 aliphatic rings. The minimum Gasteiger partial charge on any atom is -0.441 e. The fourth-order valence-electron chi connectivity index (χ4n) is 2.81. The average molecular weight is 336 g/mol. The highest BCUT2D eigenvalue weighted by Crippen LogP contribution is 2.18. The summed E-state index contributed by atoms with van der Waals surface area (Å²) in [5.41, 5.74) is 1.59. The second-order valence-corrected chi connectivity index (χ2v) is 8.23. The molecule has 1 atom stereocenters. The summed E-state index contributed by atoms with van der Waals surface area (Å²) in [5, 5.41) is 2.82. The van der Waals surface area contributed by atoms with Crippen LogP contribution in [-0.4, -0.2) is 37.4 Å². The lowest BCUT2D eigenvalue weighted by Gasteiger charge is -2.09. The van der Waals surface area contributed by atoms with Crippen LogP contribution in [-0.2, 0) is 21.1 Å². The number of carbonyl (C=O) groups excluding carboxylic acids is 1. The van der Waals surface area contributed by atoms with E-state index in [-0.39, 0.29) is 23.3 Å². The number of aromatic nitrogens is 1. The van der Waals surface area contributed by atoms with Gasteiger partial charge in [0.25, 0.3) is 0 Å². The molecule has 1 aromatic carbocycles. The van der Waals surface area contributed by atoms with Crippen LogP contribution in [0.4, 0.5) is 0 Å². The predicted octanol–water partition coefficient (Wildman–Crippen LogP) is 1.70. The number of rotatable bonds is 6. The standard InChI is InChI=1S/C16H20N2O4S/c19-15(17-10-12-8-9-23(20,21)11-12)6-3-7-16-18-13-4-1-2-5-14(13)22-16/h1-2,4-5,12H,3,6-11H2,(H,17,19). The zero-order valence-electron chi connectivity index (χ0n) is 12.8. The van der Waals surface area contributed by atoms with Gasteiger partial charge in [-0.05, 0) is 30.9 Å². The summed E-state index contributed by atoms with van der Waals surface area (Å²) in [6.07, 6.45) is 2.30. The molecule has 6 nitrogen and oxygen atoms in total. The Labute approximate surface area is 135 Å². The highest BCUT2D eigenvalue weighted by Gasteiger charge is 2.27. The van der Waals surface area contributed by atoms with Crippen LogP contribution in [0.25, 0.3) is 11.1 Å². The fraction of sp³-hybridized carbons (Fsp3) is 0.500. The molecular formula is C16H20N2O4S. The third kappa shape index (κ3) is 4.31. The van der Waals surface area contributed by atoms with Crippen LogP contribution in [0.2, 0.25) is 0 Å². The first-order chi connectivity index (χ1) is 11.0. The van der Waals surface area contributed by atoms with Crippen molar-refractivity contribution in [1.82, 2.24) is 10.3 Å². The number of aryl methyl sites for hydroxylation is 1. The van der Waals surface area contributed by atoms with Gasteiger partial charge in [-0.1, -0.05) is 12.1 Å². The van der Waals surface area contributed by atoms with Crippen molar-refractivity contribution in [2.45, 2.75) is 25.7 Å². The number of nitrogens with zero attached hydrogens (tertiary/aromatic N) is 1. The molecule has 0 spiro atoms. The molecule has 124 valence electrons. The van der Waals surface area contributed by atoms with E-state index in [4.69, 9.17) is 4.42 Å². The molecular weight excluding hydrogens is 316 g/mol. The van der Waals surface area contributed by atoms with E-state index >= 15 is 0 Å². The van der Waals surface area contributed by atoms with Gasteiger partial charge in [-0.3, -0.25) is 4.79 Å². The van der Waals surface area contributed by atoms with Crippen molar-refractivity contribution in [2.24, 2.45) is 5.92 Å². The van der Waals surface area contributed by atoms with E-state index in [2.05, 4.69) is 10.3 Å². The van der Waals surface area contributed by atoms with Gasteiger partial charge in [0.1, 0.15) is 5.52 Å². The Balaban J connectivity index is 1.39. The first-order valence-electron chi connectivity index (χ1n) is 7.83. The smallest absolute Gasteiger partial charge is 0.220 e. The number of hydrogen-bond acceptors (Lipinski definition) is 5. The zero-order chi connectivity index (χ0) is 16.3. The molecule has 0 aliphatic carbocycles. The molecule has 23 heavy (non-hydrogen) atoms.